The summed E-state index contributed by atoms with van der Waals surface area (Å²) < 4.78 is 22.6. The number of nitrogens with zero attached hydrogens (tertiary/aromatic N) is 2. The van der Waals surface area contributed by atoms with Crippen molar-refractivity contribution in [3.8, 4) is 0 Å². The van der Waals surface area contributed by atoms with Crippen LogP contribution in [0, 0.1) is 6.92 Å². The van der Waals surface area contributed by atoms with Crippen LogP contribution in [-0.2, 0) is 9.84 Å². The zero-order chi connectivity index (χ0) is 11.1. The van der Waals surface area contributed by atoms with Gasteiger partial charge in [0.05, 0.1) is 11.5 Å². The third-order valence-electron chi connectivity index (χ3n) is 2.49. The Morgan fingerprint density at radius 3 is 2.73 bits per heavy atom. The summed E-state index contributed by atoms with van der Waals surface area (Å²) in [7, 11) is -2.89. The van der Waals surface area contributed by atoms with Crippen LogP contribution in [0.25, 0.3) is 0 Å². The van der Waals surface area contributed by atoms with Crippen LogP contribution in [0.1, 0.15) is 23.9 Å². The molecule has 0 spiro atoms. The summed E-state index contributed by atoms with van der Waals surface area (Å²) in [6.45, 7) is 1.82. The SMILES string of the molecule is Cc1cc(N)nc(C2CCS(=O)(=O)C2)n1. The van der Waals surface area contributed by atoms with Crippen LogP contribution >= 0.6 is 0 Å². The Hall–Kier alpha value is -1.17. The van der Waals surface area contributed by atoms with Crippen molar-refractivity contribution in [2.24, 2.45) is 0 Å². The average Bonchev–Trinajstić information content (AvgIpc) is 2.44. The molecule has 5 nitrogen and oxygen atoms in total. The zero-order valence-corrected chi connectivity index (χ0v) is 9.29. The molecule has 1 aliphatic rings. The third kappa shape index (κ3) is 2.26. The molecule has 0 saturated carbocycles. The maximum Gasteiger partial charge on any atom is 0.151 e. The Labute approximate surface area is 88.7 Å². The first kappa shape index (κ1) is 10.4. The van der Waals surface area contributed by atoms with E-state index in [1.54, 1.807) is 6.07 Å². The number of rotatable bonds is 1. The molecular formula is C9H13N3O2S. The number of anilines is 1. The Morgan fingerprint density at radius 1 is 1.47 bits per heavy atom. The number of nitrogens with two attached hydrogens (primary N) is 1. The van der Waals surface area contributed by atoms with E-state index in [-0.39, 0.29) is 17.4 Å². The fourth-order valence-electron chi connectivity index (χ4n) is 1.80. The van der Waals surface area contributed by atoms with Crippen molar-refractivity contribution in [1.29, 1.82) is 0 Å². The Morgan fingerprint density at radius 2 is 2.20 bits per heavy atom. The molecule has 6 heteroatoms. The Bertz CT molecular complexity index is 464. The maximum atomic E-state index is 11.3. The Balaban J connectivity index is 2.31. The number of hydrogen-bond acceptors (Lipinski definition) is 5. The first-order valence-corrected chi connectivity index (χ1v) is 6.60. The van der Waals surface area contributed by atoms with Crippen molar-refractivity contribution in [2.75, 3.05) is 17.2 Å². The first-order valence-electron chi connectivity index (χ1n) is 4.78. The van der Waals surface area contributed by atoms with Crippen LogP contribution in [0.4, 0.5) is 5.82 Å². The van der Waals surface area contributed by atoms with Gasteiger partial charge < -0.3 is 5.73 Å². The molecular weight excluding hydrogens is 214 g/mol. The van der Waals surface area contributed by atoms with E-state index in [1.807, 2.05) is 6.92 Å². The predicted molar refractivity (Wildman–Crippen MR) is 57.2 cm³/mol. The lowest BCUT2D eigenvalue weighted by Crippen LogP contribution is -2.09. The number of hydrogen-bond donors (Lipinski definition) is 1. The molecule has 0 bridgehead atoms. The summed E-state index contributed by atoms with van der Waals surface area (Å²) in [6, 6.07) is 1.67. The summed E-state index contributed by atoms with van der Waals surface area (Å²) in [6.07, 6.45) is 0.602. The van der Waals surface area contributed by atoms with Gasteiger partial charge in [0.1, 0.15) is 11.6 Å². The summed E-state index contributed by atoms with van der Waals surface area (Å²) in [4.78, 5) is 8.31. The molecule has 15 heavy (non-hydrogen) atoms. The van der Waals surface area contributed by atoms with Gasteiger partial charge in [0.15, 0.2) is 9.84 Å². The van der Waals surface area contributed by atoms with Crippen LogP contribution in [0.5, 0.6) is 0 Å². The summed E-state index contributed by atoms with van der Waals surface area (Å²) in [5.41, 5.74) is 6.37. The number of aryl methyl sites for hydroxylation is 1. The van der Waals surface area contributed by atoms with Gasteiger partial charge in [-0.25, -0.2) is 18.4 Å². The molecule has 1 fully saturated rings. The molecule has 2 rings (SSSR count). The third-order valence-corrected chi connectivity index (χ3v) is 4.26. The lowest BCUT2D eigenvalue weighted by Gasteiger charge is -2.07. The first-order chi connectivity index (χ1) is 6.96. The minimum Gasteiger partial charge on any atom is -0.384 e. The van der Waals surface area contributed by atoms with Gasteiger partial charge in [0, 0.05) is 17.7 Å². The van der Waals surface area contributed by atoms with Gasteiger partial charge in [0.25, 0.3) is 0 Å². The van der Waals surface area contributed by atoms with Crippen LogP contribution < -0.4 is 5.73 Å². The highest BCUT2D eigenvalue weighted by atomic mass is 32.2. The van der Waals surface area contributed by atoms with Crippen molar-refractivity contribution in [1.82, 2.24) is 9.97 Å². The van der Waals surface area contributed by atoms with Gasteiger partial charge in [0.2, 0.25) is 0 Å². The summed E-state index contributed by atoms with van der Waals surface area (Å²) in [5.74, 6) is 1.26. The lowest BCUT2D eigenvalue weighted by atomic mass is 10.1. The van der Waals surface area contributed by atoms with E-state index >= 15 is 0 Å². The molecule has 1 atom stereocenters. The predicted octanol–water partition coefficient (Wildman–Crippen LogP) is 0.269. The second kappa shape index (κ2) is 3.44. The topological polar surface area (TPSA) is 85.9 Å². The van der Waals surface area contributed by atoms with Crippen molar-refractivity contribution < 1.29 is 8.42 Å². The van der Waals surface area contributed by atoms with E-state index < -0.39 is 9.84 Å². The fourth-order valence-corrected chi connectivity index (χ4v) is 3.54. The molecule has 0 aromatic carbocycles. The molecule has 0 aliphatic carbocycles. The normalized spacial score (nSPS) is 24.2. The molecule has 1 unspecified atom stereocenters. The van der Waals surface area contributed by atoms with E-state index in [2.05, 4.69) is 9.97 Å². The molecule has 1 saturated heterocycles. The second-order valence-electron chi connectivity index (χ2n) is 3.89. The van der Waals surface area contributed by atoms with Gasteiger partial charge in [-0.3, -0.25) is 0 Å². The van der Waals surface area contributed by atoms with Crippen LogP contribution in [0.15, 0.2) is 6.07 Å². The fraction of sp³-hybridized carbons (Fsp3) is 0.556. The van der Waals surface area contributed by atoms with Gasteiger partial charge in [-0.05, 0) is 13.3 Å². The second-order valence-corrected chi connectivity index (χ2v) is 6.12. The summed E-state index contributed by atoms with van der Waals surface area (Å²) in [5, 5.41) is 0. The van der Waals surface area contributed by atoms with Crippen molar-refractivity contribution in [3.05, 3.63) is 17.6 Å². The molecule has 2 heterocycles. The number of nitrogen functional groups attached to an aromatic ring is 1. The van der Waals surface area contributed by atoms with Gasteiger partial charge >= 0.3 is 0 Å². The molecule has 2 N–H and O–H groups in total. The highest BCUT2D eigenvalue weighted by molar-refractivity contribution is 7.91. The zero-order valence-electron chi connectivity index (χ0n) is 8.47. The average molecular weight is 227 g/mol. The van der Waals surface area contributed by atoms with Crippen LogP contribution in [0.3, 0.4) is 0 Å². The molecule has 1 aromatic rings. The monoisotopic (exact) mass is 227 g/mol. The maximum absolute atomic E-state index is 11.3. The van der Waals surface area contributed by atoms with E-state index in [1.165, 1.54) is 0 Å². The molecule has 1 aromatic heterocycles. The van der Waals surface area contributed by atoms with Crippen molar-refractivity contribution >= 4 is 15.7 Å². The van der Waals surface area contributed by atoms with E-state index in [0.29, 0.717) is 18.1 Å². The molecule has 1 aliphatic heterocycles. The number of sulfone groups is 1. The standard InChI is InChI=1S/C9H13N3O2S/c1-6-4-8(10)12-9(11-6)7-2-3-15(13,14)5-7/h4,7H,2-3,5H2,1H3,(H2,10,11,12). The van der Waals surface area contributed by atoms with E-state index in [4.69, 9.17) is 5.73 Å². The molecule has 82 valence electrons. The van der Waals surface area contributed by atoms with Crippen molar-refractivity contribution in [3.63, 3.8) is 0 Å². The minimum atomic E-state index is -2.89. The smallest absolute Gasteiger partial charge is 0.151 e. The van der Waals surface area contributed by atoms with E-state index in [0.717, 1.165) is 5.69 Å². The quantitative estimate of drug-likeness (QED) is 0.744. The van der Waals surface area contributed by atoms with Gasteiger partial charge in [-0.15, -0.1) is 0 Å². The van der Waals surface area contributed by atoms with Gasteiger partial charge in [-0.1, -0.05) is 0 Å². The molecule has 0 radical (unpaired) electrons. The van der Waals surface area contributed by atoms with Crippen molar-refractivity contribution in [2.45, 2.75) is 19.3 Å². The van der Waals surface area contributed by atoms with Gasteiger partial charge in [-0.2, -0.15) is 0 Å². The Kier molecular flexibility index (Phi) is 2.38. The highest BCUT2D eigenvalue weighted by Crippen LogP contribution is 2.26. The number of aromatic nitrogens is 2. The molecule has 0 amide bonds. The van der Waals surface area contributed by atoms with Crippen LogP contribution in [0.2, 0.25) is 0 Å². The lowest BCUT2D eigenvalue weighted by molar-refractivity contribution is 0.601. The minimum absolute atomic E-state index is 0.0859. The van der Waals surface area contributed by atoms with E-state index in [9.17, 15) is 8.42 Å². The summed E-state index contributed by atoms with van der Waals surface area (Å²) >= 11 is 0. The van der Waals surface area contributed by atoms with Crippen LogP contribution in [-0.4, -0.2) is 29.9 Å². The highest BCUT2D eigenvalue weighted by Gasteiger charge is 2.31. The largest absolute Gasteiger partial charge is 0.384 e.